The lowest BCUT2D eigenvalue weighted by atomic mass is 10.0. The van der Waals surface area contributed by atoms with Crippen molar-refractivity contribution in [3.05, 3.63) is 48.5 Å². The van der Waals surface area contributed by atoms with Gasteiger partial charge in [0, 0.05) is 5.56 Å². The molecule has 0 bridgehead atoms. The maximum Gasteiger partial charge on any atom is 0.320 e. The summed E-state index contributed by atoms with van der Waals surface area (Å²) in [4.78, 5) is 90.7. The quantitative estimate of drug-likeness (QED) is 0.0783. The predicted molar refractivity (Wildman–Crippen MR) is 173 cm³/mol. The summed E-state index contributed by atoms with van der Waals surface area (Å²) in [6.45, 7) is 0.281. The summed E-state index contributed by atoms with van der Waals surface area (Å²) in [5, 5.41) is 0.417. The summed E-state index contributed by atoms with van der Waals surface area (Å²) in [6.07, 6.45) is -2.57. The van der Waals surface area contributed by atoms with Crippen LogP contribution in [-0.2, 0) is 80.8 Å². The first-order valence-electron chi connectivity index (χ1n) is 15.2. The Hall–Kier alpha value is -5.77. The summed E-state index contributed by atoms with van der Waals surface area (Å²) in [5.74, 6) is -7.54. The van der Waals surface area contributed by atoms with Crippen LogP contribution < -0.4 is 9.83 Å². The molecule has 19 heteroatoms. The molecule has 3 rings (SSSR count). The highest BCUT2D eigenvalue weighted by Gasteiger charge is 2.41. The molecular weight excluding hydrogens is 715 g/mol. The summed E-state index contributed by atoms with van der Waals surface area (Å²) >= 11 is 0. The molecule has 0 aromatic heterocycles. The third-order valence-electron chi connectivity index (χ3n) is 6.62. The van der Waals surface area contributed by atoms with Crippen LogP contribution in [0, 0.1) is 5.92 Å². The molecule has 18 nitrogen and oxygen atoms in total. The number of methoxy groups -OCH3 is 3. The van der Waals surface area contributed by atoms with E-state index in [1.807, 2.05) is 12.1 Å². The SMILES string of the molecule is CCOC(=O)CC(=O)OCOC(=O)CC(=O)OC.COC(=O)CC(=O)OCOC(=O)C(CC(=O)OC)CP1(=O)Oc2ccccc2-c2ccccc21. The van der Waals surface area contributed by atoms with Gasteiger partial charge in [-0.2, -0.15) is 0 Å². The monoisotopic (exact) mass is 752 g/mol. The van der Waals surface area contributed by atoms with Gasteiger partial charge in [0.1, 0.15) is 25.0 Å². The highest BCUT2D eigenvalue weighted by molar-refractivity contribution is 7.67. The average Bonchev–Trinajstić information content (AvgIpc) is 3.11. The van der Waals surface area contributed by atoms with Gasteiger partial charge >= 0.3 is 47.8 Å². The third-order valence-corrected chi connectivity index (χ3v) is 9.15. The van der Waals surface area contributed by atoms with Gasteiger partial charge in [0.05, 0.1) is 51.7 Å². The molecule has 2 atom stereocenters. The van der Waals surface area contributed by atoms with Crippen LogP contribution in [0.5, 0.6) is 5.75 Å². The van der Waals surface area contributed by atoms with Crippen LogP contribution in [0.2, 0.25) is 0 Å². The lowest BCUT2D eigenvalue weighted by molar-refractivity contribution is -0.174. The Balaban J connectivity index is 0.000000442. The van der Waals surface area contributed by atoms with Crippen LogP contribution >= 0.6 is 7.37 Å². The van der Waals surface area contributed by atoms with Gasteiger partial charge in [0.2, 0.25) is 13.6 Å². The van der Waals surface area contributed by atoms with Crippen molar-refractivity contribution in [2.75, 3.05) is 47.7 Å². The first-order valence-corrected chi connectivity index (χ1v) is 17.0. The number of carbonyl (C=O) groups is 8. The van der Waals surface area contributed by atoms with Gasteiger partial charge in [-0.15, -0.1) is 0 Å². The fraction of sp³-hybridized carbons (Fsp3) is 0.394. The van der Waals surface area contributed by atoms with E-state index in [2.05, 4.69) is 33.2 Å². The fourth-order valence-electron chi connectivity index (χ4n) is 4.20. The van der Waals surface area contributed by atoms with Crippen molar-refractivity contribution in [1.29, 1.82) is 0 Å². The van der Waals surface area contributed by atoms with Gasteiger partial charge in [-0.3, -0.25) is 42.9 Å². The Kier molecular flexibility index (Phi) is 17.5. The molecule has 0 N–H and O–H groups in total. The number of rotatable bonds is 16. The largest absolute Gasteiger partial charge is 0.469 e. The number of fused-ring (bicyclic) bond motifs is 3. The zero-order valence-corrected chi connectivity index (χ0v) is 29.5. The molecule has 282 valence electrons. The van der Waals surface area contributed by atoms with E-state index >= 15 is 0 Å². The zero-order chi connectivity index (χ0) is 38.7. The number of ether oxygens (including phenoxy) is 8. The molecule has 0 amide bonds. The highest BCUT2D eigenvalue weighted by atomic mass is 31.2. The highest BCUT2D eigenvalue weighted by Crippen LogP contribution is 2.55. The molecule has 52 heavy (non-hydrogen) atoms. The lowest BCUT2D eigenvalue weighted by Gasteiger charge is -2.30. The van der Waals surface area contributed by atoms with Crippen LogP contribution in [0.1, 0.15) is 32.6 Å². The molecule has 0 spiro atoms. The fourth-order valence-corrected chi connectivity index (χ4v) is 6.78. The van der Waals surface area contributed by atoms with E-state index in [0.29, 0.717) is 16.6 Å². The number of carbonyl (C=O) groups excluding carboxylic acids is 8. The normalized spacial score (nSPS) is 14.1. The second-order valence-corrected chi connectivity index (χ2v) is 12.5. The summed E-state index contributed by atoms with van der Waals surface area (Å²) in [5.41, 5.74) is 1.46. The maximum atomic E-state index is 14.0. The first-order chi connectivity index (χ1) is 24.8. The molecular formula is C33H37O18P. The molecule has 0 saturated carbocycles. The predicted octanol–water partition coefficient (Wildman–Crippen LogP) is 1.98. The van der Waals surface area contributed by atoms with Crippen molar-refractivity contribution in [3.8, 4) is 16.9 Å². The summed E-state index contributed by atoms with van der Waals surface area (Å²) in [7, 11) is -0.277. The van der Waals surface area contributed by atoms with E-state index in [1.54, 1.807) is 43.3 Å². The maximum absolute atomic E-state index is 14.0. The van der Waals surface area contributed by atoms with Gasteiger partial charge in [-0.05, 0) is 24.6 Å². The Morgan fingerprint density at radius 3 is 1.60 bits per heavy atom. The van der Waals surface area contributed by atoms with Crippen LogP contribution in [-0.4, -0.2) is 95.4 Å². The molecule has 2 unspecified atom stereocenters. The summed E-state index contributed by atoms with van der Waals surface area (Å²) < 4.78 is 56.1. The van der Waals surface area contributed by atoms with Crippen molar-refractivity contribution < 1.29 is 85.3 Å². The minimum Gasteiger partial charge on any atom is -0.469 e. The van der Waals surface area contributed by atoms with Gasteiger partial charge < -0.3 is 42.4 Å². The number of benzene rings is 2. The Bertz CT molecular complexity index is 1670. The average molecular weight is 753 g/mol. The minimum atomic E-state index is -3.66. The van der Waals surface area contributed by atoms with E-state index in [-0.39, 0.29) is 12.8 Å². The summed E-state index contributed by atoms with van der Waals surface area (Å²) in [6, 6.07) is 14.0. The van der Waals surface area contributed by atoms with E-state index < -0.39 is 100 Å². The number of esters is 8. The minimum absolute atomic E-state index is 0.153. The second-order valence-electron chi connectivity index (χ2n) is 10.2. The zero-order valence-electron chi connectivity index (χ0n) is 28.6. The Labute approximate surface area is 297 Å². The second kappa shape index (κ2) is 21.4. The first kappa shape index (κ1) is 42.4. The van der Waals surface area contributed by atoms with Crippen molar-refractivity contribution in [2.45, 2.75) is 32.6 Å². The van der Waals surface area contributed by atoms with E-state index in [4.69, 9.17) is 9.26 Å². The van der Waals surface area contributed by atoms with Crippen molar-refractivity contribution >= 4 is 60.4 Å². The van der Waals surface area contributed by atoms with Crippen molar-refractivity contribution in [3.63, 3.8) is 0 Å². The van der Waals surface area contributed by atoms with Crippen LogP contribution in [0.4, 0.5) is 0 Å². The van der Waals surface area contributed by atoms with Crippen LogP contribution in [0.3, 0.4) is 0 Å². The molecule has 2 aromatic carbocycles. The van der Waals surface area contributed by atoms with Gasteiger partial charge in [-0.25, -0.2) is 0 Å². The lowest BCUT2D eigenvalue weighted by Crippen LogP contribution is -2.30. The number of hydrogen-bond donors (Lipinski definition) is 0. The molecule has 1 heterocycles. The standard InChI is InChI=1S/C23H23O10P.C10H14O8/c1-29-20(24)11-15(23(27)32-14-31-22(26)12-21(25)30-2)13-34(28)19-10-6-4-8-17(19)16-7-3-5-9-18(16)33-34;1-3-16-8(12)5-10(14)18-6-17-9(13)4-7(11)15-2/h3-10,15H,11-14H2,1-2H3;3-6H2,1-2H3. The van der Waals surface area contributed by atoms with E-state index in [0.717, 1.165) is 26.9 Å². The van der Waals surface area contributed by atoms with Gasteiger partial charge in [0.15, 0.2) is 0 Å². The van der Waals surface area contributed by atoms with Crippen molar-refractivity contribution in [2.24, 2.45) is 5.92 Å². The smallest absolute Gasteiger partial charge is 0.320 e. The Morgan fingerprint density at radius 1 is 0.596 bits per heavy atom. The molecule has 0 aliphatic carbocycles. The molecule has 2 aromatic rings. The molecule has 0 fully saturated rings. The molecule has 0 radical (unpaired) electrons. The van der Waals surface area contributed by atoms with Crippen molar-refractivity contribution in [1.82, 2.24) is 0 Å². The third kappa shape index (κ3) is 13.9. The molecule has 1 aliphatic heterocycles. The Morgan fingerprint density at radius 2 is 1.06 bits per heavy atom. The van der Waals surface area contributed by atoms with Gasteiger partial charge in [0.25, 0.3) is 7.37 Å². The van der Waals surface area contributed by atoms with Gasteiger partial charge in [-0.1, -0.05) is 36.4 Å². The number of hydrogen-bond acceptors (Lipinski definition) is 18. The van der Waals surface area contributed by atoms with E-state index in [9.17, 15) is 42.9 Å². The van der Waals surface area contributed by atoms with Crippen LogP contribution in [0.15, 0.2) is 48.5 Å². The topological polar surface area (TPSA) is 237 Å². The van der Waals surface area contributed by atoms with Crippen LogP contribution in [0.25, 0.3) is 11.1 Å². The number of para-hydroxylation sites is 1. The molecule has 1 aliphatic rings. The molecule has 0 saturated heterocycles. The van der Waals surface area contributed by atoms with E-state index in [1.165, 1.54) is 0 Å².